The lowest BCUT2D eigenvalue weighted by Gasteiger charge is -2.17. The Morgan fingerprint density at radius 2 is 1.62 bits per heavy atom. The van der Waals surface area contributed by atoms with Crippen LogP contribution in [0, 0.1) is 5.82 Å². The van der Waals surface area contributed by atoms with Crippen LogP contribution in [-0.4, -0.2) is 13.1 Å². The van der Waals surface area contributed by atoms with Crippen LogP contribution in [0.4, 0.5) is 4.39 Å². The average molecular weight is 285 g/mol. The van der Waals surface area contributed by atoms with E-state index in [4.69, 9.17) is 0 Å². The SMILES string of the molecule is CNC(Cc1ccc(C(C)C)cc1)Cc1cccc(F)c1. The minimum absolute atomic E-state index is 0.163. The van der Waals surface area contributed by atoms with E-state index in [0.717, 1.165) is 18.4 Å². The van der Waals surface area contributed by atoms with Gasteiger partial charge in [-0.25, -0.2) is 4.39 Å². The predicted molar refractivity (Wildman–Crippen MR) is 87.2 cm³/mol. The minimum atomic E-state index is -0.163. The minimum Gasteiger partial charge on any atom is -0.316 e. The summed E-state index contributed by atoms with van der Waals surface area (Å²) in [5.74, 6) is 0.398. The third-order valence-electron chi connectivity index (χ3n) is 3.91. The van der Waals surface area contributed by atoms with E-state index in [1.165, 1.54) is 17.2 Å². The van der Waals surface area contributed by atoms with Crippen molar-refractivity contribution in [2.75, 3.05) is 7.05 Å². The molecule has 0 fully saturated rings. The van der Waals surface area contributed by atoms with E-state index in [-0.39, 0.29) is 5.82 Å². The molecule has 2 heteroatoms. The third kappa shape index (κ3) is 4.68. The van der Waals surface area contributed by atoms with E-state index >= 15 is 0 Å². The van der Waals surface area contributed by atoms with Gasteiger partial charge in [0, 0.05) is 6.04 Å². The van der Waals surface area contributed by atoms with Crippen LogP contribution in [0.25, 0.3) is 0 Å². The monoisotopic (exact) mass is 285 g/mol. The smallest absolute Gasteiger partial charge is 0.123 e. The van der Waals surface area contributed by atoms with Crippen LogP contribution in [0.1, 0.15) is 36.5 Å². The topological polar surface area (TPSA) is 12.0 Å². The summed E-state index contributed by atoms with van der Waals surface area (Å²) in [6.07, 6.45) is 1.78. The molecular formula is C19H24FN. The van der Waals surface area contributed by atoms with Crippen molar-refractivity contribution in [1.29, 1.82) is 0 Å². The second-order valence-corrected chi connectivity index (χ2v) is 5.92. The van der Waals surface area contributed by atoms with Crippen molar-refractivity contribution < 1.29 is 4.39 Å². The highest BCUT2D eigenvalue weighted by Crippen LogP contribution is 2.16. The third-order valence-corrected chi connectivity index (χ3v) is 3.91. The second kappa shape index (κ2) is 7.37. The van der Waals surface area contributed by atoms with Crippen molar-refractivity contribution in [2.24, 2.45) is 0 Å². The van der Waals surface area contributed by atoms with Crippen LogP contribution in [-0.2, 0) is 12.8 Å². The fourth-order valence-electron chi connectivity index (χ4n) is 2.55. The normalized spacial score (nSPS) is 12.6. The Labute approximate surface area is 127 Å². The summed E-state index contributed by atoms with van der Waals surface area (Å²) in [5, 5.41) is 3.33. The summed E-state index contributed by atoms with van der Waals surface area (Å²) in [6, 6.07) is 16.0. The zero-order chi connectivity index (χ0) is 15.2. The fraction of sp³-hybridized carbons (Fsp3) is 0.368. The quantitative estimate of drug-likeness (QED) is 0.833. The molecule has 21 heavy (non-hydrogen) atoms. The summed E-state index contributed by atoms with van der Waals surface area (Å²) >= 11 is 0. The van der Waals surface area contributed by atoms with Gasteiger partial charge in [-0.1, -0.05) is 50.2 Å². The van der Waals surface area contributed by atoms with E-state index in [1.807, 2.05) is 13.1 Å². The van der Waals surface area contributed by atoms with Crippen LogP contribution in [0.15, 0.2) is 48.5 Å². The van der Waals surface area contributed by atoms with E-state index < -0.39 is 0 Å². The molecule has 2 aromatic rings. The Hall–Kier alpha value is -1.67. The maximum atomic E-state index is 13.2. The molecule has 112 valence electrons. The molecule has 0 aliphatic carbocycles. The van der Waals surface area contributed by atoms with Gasteiger partial charge in [0.15, 0.2) is 0 Å². The van der Waals surface area contributed by atoms with Gasteiger partial charge in [-0.05, 0) is 54.6 Å². The molecule has 0 saturated heterocycles. The van der Waals surface area contributed by atoms with Crippen molar-refractivity contribution in [2.45, 2.75) is 38.6 Å². The van der Waals surface area contributed by atoms with Crippen molar-refractivity contribution in [3.8, 4) is 0 Å². The highest BCUT2D eigenvalue weighted by Gasteiger charge is 2.09. The zero-order valence-electron chi connectivity index (χ0n) is 13.1. The Morgan fingerprint density at radius 1 is 0.952 bits per heavy atom. The van der Waals surface area contributed by atoms with Crippen molar-refractivity contribution in [3.05, 3.63) is 71.0 Å². The first-order chi connectivity index (χ1) is 10.1. The first kappa shape index (κ1) is 15.7. The molecule has 0 heterocycles. The molecule has 1 nitrogen and oxygen atoms in total. The van der Waals surface area contributed by atoms with E-state index in [9.17, 15) is 4.39 Å². The van der Waals surface area contributed by atoms with Gasteiger partial charge in [0.05, 0.1) is 0 Å². The molecule has 1 atom stereocenters. The lowest BCUT2D eigenvalue weighted by molar-refractivity contribution is 0.552. The Kier molecular flexibility index (Phi) is 5.51. The predicted octanol–water partition coefficient (Wildman–Crippen LogP) is 4.32. The van der Waals surface area contributed by atoms with Gasteiger partial charge < -0.3 is 5.32 Å². The van der Waals surface area contributed by atoms with Gasteiger partial charge in [-0.2, -0.15) is 0 Å². The molecule has 0 bridgehead atoms. The Balaban J connectivity index is 2.01. The molecular weight excluding hydrogens is 261 g/mol. The highest BCUT2D eigenvalue weighted by atomic mass is 19.1. The number of likely N-dealkylation sites (N-methyl/N-ethyl adjacent to an activating group) is 1. The van der Waals surface area contributed by atoms with E-state index in [1.54, 1.807) is 12.1 Å². The lowest BCUT2D eigenvalue weighted by Crippen LogP contribution is -2.29. The summed E-state index contributed by atoms with van der Waals surface area (Å²) in [5.41, 5.74) is 3.72. The van der Waals surface area contributed by atoms with Crippen LogP contribution >= 0.6 is 0 Å². The highest BCUT2D eigenvalue weighted by molar-refractivity contribution is 5.26. The first-order valence-corrected chi connectivity index (χ1v) is 7.59. The number of hydrogen-bond donors (Lipinski definition) is 1. The van der Waals surface area contributed by atoms with Crippen LogP contribution in [0.5, 0.6) is 0 Å². The number of rotatable bonds is 6. The molecule has 2 rings (SSSR count). The van der Waals surface area contributed by atoms with Crippen LogP contribution < -0.4 is 5.32 Å². The molecule has 0 radical (unpaired) electrons. The van der Waals surface area contributed by atoms with Gasteiger partial charge in [-0.3, -0.25) is 0 Å². The van der Waals surface area contributed by atoms with Gasteiger partial charge >= 0.3 is 0 Å². The molecule has 0 amide bonds. The molecule has 0 aliphatic rings. The maximum absolute atomic E-state index is 13.2. The fourth-order valence-corrected chi connectivity index (χ4v) is 2.55. The molecule has 1 unspecified atom stereocenters. The summed E-state index contributed by atoms with van der Waals surface area (Å²) in [4.78, 5) is 0. The van der Waals surface area contributed by atoms with Crippen molar-refractivity contribution in [3.63, 3.8) is 0 Å². The summed E-state index contributed by atoms with van der Waals surface area (Å²) in [6.45, 7) is 4.41. The number of halogens is 1. The van der Waals surface area contributed by atoms with Crippen LogP contribution in [0.2, 0.25) is 0 Å². The zero-order valence-corrected chi connectivity index (χ0v) is 13.1. The van der Waals surface area contributed by atoms with E-state index in [0.29, 0.717) is 12.0 Å². The Morgan fingerprint density at radius 3 is 2.19 bits per heavy atom. The molecule has 1 N–H and O–H groups in total. The van der Waals surface area contributed by atoms with Crippen molar-refractivity contribution >= 4 is 0 Å². The van der Waals surface area contributed by atoms with Gasteiger partial charge in [0.25, 0.3) is 0 Å². The first-order valence-electron chi connectivity index (χ1n) is 7.59. The molecule has 2 aromatic carbocycles. The number of hydrogen-bond acceptors (Lipinski definition) is 1. The van der Waals surface area contributed by atoms with Gasteiger partial charge in [0.2, 0.25) is 0 Å². The van der Waals surface area contributed by atoms with Gasteiger partial charge in [-0.15, -0.1) is 0 Å². The molecule has 0 aromatic heterocycles. The standard InChI is InChI=1S/C19H24FN/c1-14(2)17-9-7-15(8-10-17)12-19(21-3)13-16-5-4-6-18(20)11-16/h4-11,14,19,21H,12-13H2,1-3H3. The van der Waals surface area contributed by atoms with Crippen molar-refractivity contribution in [1.82, 2.24) is 5.32 Å². The van der Waals surface area contributed by atoms with E-state index in [2.05, 4.69) is 43.4 Å². The number of benzene rings is 2. The summed E-state index contributed by atoms with van der Waals surface area (Å²) in [7, 11) is 1.96. The molecule has 0 aliphatic heterocycles. The lowest BCUT2D eigenvalue weighted by atomic mass is 9.96. The van der Waals surface area contributed by atoms with Crippen LogP contribution in [0.3, 0.4) is 0 Å². The Bertz CT molecular complexity index is 560. The molecule has 0 saturated carbocycles. The number of nitrogens with one attached hydrogen (secondary N) is 1. The average Bonchev–Trinajstić information content (AvgIpc) is 2.47. The summed E-state index contributed by atoms with van der Waals surface area (Å²) < 4.78 is 13.2. The molecule has 0 spiro atoms. The largest absolute Gasteiger partial charge is 0.316 e. The maximum Gasteiger partial charge on any atom is 0.123 e. The second-order valence-electron chi connectivity index (χ2n) is 5.92. The van der Waals surface area contributed by atoms with Gasteiger partial charge in [0.1, 0.15) is 5.82 Å².